The molecule has 0 saturated heterocycles. The molecule has 0 spiro atoms. The summed E-state index contributed by atoms with van der Waals surface area (Å²) in [6.45, 7) is 0. The van der Waals surface area contributed by atoms with Crippen LogP contribution in [0.4, 0.5) is 8.78 Å². The van der Waals surface area contributed by atoms with Gasteiger partial charge in [-0.05, 0) is 34.1 Å². The highest BCUT2D eigenvalue weighted by Gasteiger charge is 2.15. The number of benzene rings is 1. The summed E-state index contributed by atoms with van der Waals surface area (Å²) in [6, 6.07) is 4.65. The Morgan fingerprint density at radius 1 is 1.29 bits per heavy atom. The van der Waals surface area contributed by atoms with E-state index in [0.29, 0.717) is 0 Å². The molecule has 0 radical (unpaired) electrons. The van der Waals surface area contributed by atoms with Gasteiger partial charge >= 0.3 is 5.97 Å². The molecule has 88 valence electrons. The average molecular weight is 302 g/mol. The highest BCUT2D eigenvalue weighted by atomic mass is 79.9. The Balaban J connectivity index is 2.64. The van der Waals surface area contributed by atoms with E-state index in [9.17, 15) is 13.6 Å². The number of hydrogen-bond acceptors (Lipinski definition) is 1. The van der Waals surface area contributed by atoms with E-state index in [1.165, 1.54) is 18.3 Å². The normalized spacial score (nSPS) is 10.5. The molecule has 3 nitrogen and oxygen atoms in total. The van der Waals surface area contributed by atoms with Gasteiger partial charge in [0.05, 0.1) is 10.2 Å². The molecule has 1 N–H and O–H groups in total. The molecule has 0 aliphatic carbocycles. The Morgan fingerprint density at radius 3 is 2.65 bits per heavy atom. The van der Waals surface area contributed by atoms with Crippen LogP contribution in [0.3, 0.4) is 0 Å². The summed E-state index contributed by atoms with van der Waals surface area (Å²) in [6.07, 6.45) is 1.36. The van der Waals surface area contributed by atoms with E-state index in [1.54, 1.807) is 0 Å². The first-order valence-electron chi connectivity index (χ1n) is 4.56. The first-order chi connectivity index (χ1) is 8.00. The smallest absolute Gasteiger partial charge is 0.352 e. The lowest BCUT2D eigenvalue weighted by molar-refractivity contribution is 0.0688. The largest absolute Gasteiger partial charge is 0.477 e. The van der Waals surface area contributed by atoms with E-state index < -0.39 is 17.6 Å². The van der Waals surface area contributed by atoms with Gasteiger partial charge in [-0.15, -0.1) is 0 Å². The van der Waals surface area contributed by atoms with Gasteiger partial charge in [0.2, 0.25) is 0 Å². The summed E-state index contributed by atoms with van der Waals surface area (Å²) in [5.41, 5.74) is -0.279. The van der Waals surface area contributed by atoms with Crippen LogP contribution in [-0.4, -0.2) is 15.6 Å². The molecule has 17 heavy (non-hydrogen) atoms. The molecule has 2 aromatic rings. The SMILES string of the molecule is O=C(O)c1cccn1-c1cc(F)c(Br)cc1F. The number of nitrogens with zero attached hydrogens (tertiary/aromatic N) is 1. The van der Waals surface area contributed by atoms with Gasteiger partial charge in [0, 0.05) is 12.3 Å². The molecule has 1 heterocycles. The van der Waals surface area contributed by atoms with Crippen molar-refractivity contribution < 1.29 is 18.7 Å². The van der Waals surface area contributed by atoms with E-state index >= 15 is 0 Å². The molecule has 0 unspecified atom stereocenters. The number of halogens is 3. The van der Waals surface area contributed by atoms with Crippen molar-refractivity contribution in [3.63, 3.8) is 0 Å². The van der Waals surface area contributed by atoms with Gasteiger partial charge in [0.25, 0.3) is 0 Å². The Labute approximate surface area is 103 Å². The molecule has 0 aliphatic rings. The van der Waals surface area contributed by atoms with E-state index in [0.717, 1.165) is 16.7 Å². The zero-order valence-electron chi connectivity index (χ0n) is 8.32. The number of hydrogen-bond donors (Lipinski definition) is 1. The molecule has 0 atom stereocenters. The monoisotopic (exact) mass is 301 g/mol. The van der Waals surface area contributed by atoms with Gasteiger partial charge in [0.1, 0.15) is 17.3 Å². The minimum Gasteiger partial charge on any atom is -0.477 e. The number of aromatic carboxylic acids is 1. The van der Waals surface area contributed by atoms with Crippen LogP contribution in [0, 0.1) is 11.6 Å². The van der Waals surface area contributed by atoms with Crippen LogP contribution in [0.2, 0.25) is 0 Å². The minimum atomic E-state index is -1.21. The van der Waals surface area contributed by atoms with Gasteiger partial charge in [0.15, 0.2) is 0 Å². The van der Waals surface area contributed by atoms with Crippen molar-refractivity contribution in [1.29, 1.82) is 0 Å². The quantitative estimate of drug-likeness (QED) is 0.866. The fourth-order valence-corrected chi connectivity index (χ4v) is 1.78. The third-order valence-electron chi connectivity index (χ3n) is 2.22. The second kappa shape index (κ2) is 4.29. The first kappa shape index (κ1) is 11.8. The third-order valence-corrected chi connectivity index (χ3v) is 2.82. The summed E-state index contributed by atoms with van der Waals surface area (Å²) < 4.78 is 28.0. The zero-order chi connectivity index (χ0) is 12.6. The predicted octanol–water partition coefficient (Wildman–Crippen LogP) is 3.22. The van der Waals surface area contributed by atoms with Gasteiger partial charge in [-0.25, -0.2) is 13.6 Å². The van der Waals surface area contributed by atoms with Crippen molar-refractivity contribution in [3.8, 4) is 5.69 Å². The number of carboxylic acids is 1. The first-order valence-corrected chi connectivity index (χ1v) is 5.35. The number of rotatable bonds is 2. The van der Waals surface area contributed by atoms with Crippen LogP contribution in [0.1, 0.15) is 10.5 Å². The molecule has 0 amide bonds. The van der Waals surface area contributed by atoms with Crippen LogP contribution in [0.15, 0.2) is 34.9 Å². The second-order valence-electron chi connectivity index (χ2n) is 3.29. The number of carbonyl (C=O) groups is 1. The van der Waals surface area contributed by atoms with Gasteiger partial charge in [-0.2, -0.15) is 0 Å². The molecule has 0 aliphatic heterocycles. The lowest BCUT2D eigenvalue weighted by atomic mass is 10.3. The number of aromatic nitrogens is 1. The van der Waals surface area contributed by atoms with Gasteiger partial charge < -0.3 is 9.67 Å². The highest BCUT2D eigenvalue weighted by Crippen LogP contribution is 2.23. The zero-order valence-corrected chi connectivity index (χ0v) is 9.91. The molecule has 0 saturated carbocycles. The molecular weight excluding hydrogens is 296 g/mol. The standard InChI is InChI=1S/C11H6BrF2NO2/c12-6-4-8(14)10(5-7(6)13)15-3-1-2-9(15)11(16)17/h1-5H,(H,16,17). The summed E-state index contributed by atoms with van der Waals surface area (Å²) >= 11 is 2.85. The molecule has 1 aromatic carbocycles. The van der Waals surface area contributed by atoms with Crippen molar-refractivity contribution in [3.05, 3.63) is 52.3 Å². The van der Waals surface area contributed by atoms with Gasteiger partial charge in [-0.3, -0.25) is 0 Å². The lowest BCUT2D eigenvalue weighted by Gasteiger charge is -2.08. The van der Waals surface area contributed by atoms with E-state index in [1.807, 2.05) is 0 Å². The highest BCUT2D eigenvalue weighted by molar-refractivity contribution is 9.10. The molecule has 6 heteroatoms. The van der Waals surface area contributed by atoms with Crippen LogP contribution in [0.5, 0.6) is 0 Å². The fourth-order valence-electron chi connectivity index (χ4n) is 1.46. The summed E-state index contributed by atoms with van der Waals surface area (Å²) in [4.78, 5) is 10.9. The van der Waals surface area contributed by atoms with Crippen LogP contribution in [-0.2, 0) is 0 Å². The van der Waals surface area contributed by atoms with Crippen molar-refractivity contribution in [2.45, 2.75) is 0 Å². The maximum absolute atomic E-state index is 13.6. The predicted molar refractivity (Wildman–Crippen MR) is 60.3 cm³/mol. The summed E-state index contributed by atoms with van der Waals surface area (Å²) in [7, 11) is 0. The average Bonchev–Trinajstić information content (AvgIpc) is 2.72. The lowest BCUT2D eigenvalue weighted by Crippen LogP contribution is -2.07. The van der Waals surface area contributed by atoms with E-state index in [-0.39, 0.29) is 15.9 Å². The third kappa shape index (κ3) is 2.08. The van der Waals surface area contributed by atoms with Crippen molar-refractivity contribution in [1.82, 2.24) is 4.57 Å². The fraction of sp³-hybridized carbons (Fsp3) is 0. The Kier molecular flexibility index (Phi) is 2.97. The van der Waals surface area contributed by atoms with E-state index in [2.05, 4.69) is 15.9 Å². The maximum atomic E-state index is 13.6. The minimum absolute atomic E-state index is 0.0113. The molecule has 2 rings (SSSR count). The molecule has 0 bridgehead atoms. The second-order valence-corrected chi connectivity index (χ2v) is 4.14. The molecule has 0 fully saturated rings. The molecule has 1 aromatic heterocycles. The maximum Gasteiger partial charge on any atom is 0.352 e. The molecular formula is C11H6BrF2NO2. The van der Waals surface area contributed by atoms with Crippen LogP contribution >= 0.6 is 15.9 Å². The Morgan fingerprint density at radius 2 is 2.00 bits per heavy atom. The van der Waals surface area contributed by atoms with Crippen molar-refractivity contribution in [2.24, 2.45) is 0 Å². The topological polar surface area (TPSA) is 42.2 Å². The number of carboxylic acid groups (broad SMARTS) is 1. The summed E-state index contributed by atoms with van der Waals surface area (Å²) in [5.74, 6) is -2.58. The van der Waals surface area contributed by atoms with Gasteiger partial charge in [-0.1, -0.05) is 0 Å². The van der Waals surface area contributed by atoms with Crippen molar-refractivity contribution >= 4 is 21.9 Å². The van der Waals surface area contributed by atoms with E-state index in [4.69, 9.17) is 5.11 Å². The van der Waals surface area contributed by atoms with Crippen LogP contribution in [0.25, 0.3) is 5.69 Å². The Hall–Kier alpha value is -1.69. The summed E-state index contributed by atoms with van der Waals surface area (Å²) in [5, 5.41) is 8.88. The van der Waals surface area contributed by atoms with Crippen molar-refractivity contribution in [2.75, 3.05) is 0 Å². The van der Waals surface area contributed by atoms with Crippen LogP contribution < -0.4 is 0 Å². The Bertz CT molecular complexity index is 595.